The van der Waals surface area contributed by atoms with Crippen LogP contribution in [0.15, 0.2) is 0 Å². The minimum Gasteiger partial charge on any atom is -0.480 e. The van der Waals surface area contributed by atoms with Crippen LogP contribution in [0, 0.1) is 5.92 Å². The summed E-state index contributed by atoms with van der Waals surface area (Å²) in [5.74, 6) is 0.156. The summed E-state index contributed by atoms with van der Waals surface area (Å²) in [6, 6.07) is 0.556. The second kappa shape index (κ2) is 7.78. The van der Waals surface area contributed by atoms with Crippen LogP contribution < -0.4 is 5.32 Å². The normalized spacial score (nSPS) is 25.8. The van der Waals surface area contributed by atoms with Crippen LogP contribution in [0.25, 0.3) is 0 Å². The van der Waals surface area contributed by atoms with E-state index in [-0.39, 0.29) is 18.5 Å². The van der Waals surface area contributed by atoms with Gasteiger partial charge in [0.25, 0.3) is 0 Å². The largest absolute Gasteiger partial charge is 0.480 e. The zero-order valence-electron chi connectivity index (χ0n) is 13.0. The van der Waals surface area contributed by atoms with E-state index in [0.29, 0.717) is 12.5 Å². The first-order valence-electron chi connectivity index (χ1n) is 8.33. The lowest BCUT2D eigenvalue weighted by molar-refractivity contribution is -0.139. The number of carboxylic acid groups (broad SMARTS) is 1. The Morgan fingerprint density at radius 2 is 1.90 bits per heavy atom. The summed E-state index contributed by atoms with van der Waals surface area (Å²) in [6.07, 6.45) is 8.69. The van der Waals surface area contributed by atoms with Gasteiger partial charge in [0.05, 0.1) is 6.54 Å². The maximum absolute atomic E-state index is 11.9. The summed E-state index contributed by atoms with van der Waals surface area (Å²) >= 11 is 0. The Balaban J connectivity index is 1.60. The molecule has 2 saturated carbocycles. The molecule has 1 amide bonds. The van der Waals surface area contributed by atoms with Crippen LogP contribution in [-0.2, 0) is 9.59 Å². The number of carbonyl (C=O) groups excluding carboxylic acids is 1. The lowest BCUT2D eigenvalue weighted by Crippen LogP contribution is -2.54. The third kappa shape index (κ3) is 4.99. The van der Waals surface area contributed by atoms with E-state index in [0.717, 1.165) is 31.7 Å². The Bertz CT molecular complexity index is 361. The summed E-state index contributed by atoms with van der Waals surface area (Å²) in [4.78, 5) is 24.7. The third-order valence-electron chi connectivity index (χ3n) is 4.99. The van der Waals surface area contributed by atoms with Crippen LogP contribution >= 0.6 is 0 Å². The van der Waals surface area contributed by atoms with Gasteiger partial charge >= 0.3 is 5.97 Å². The van der Waals surface area contributed by atoms with E-state index in [9.17, 15) is 9.59 Å². The highest BCUT2D eigenvalue weighted by atomic mass is 16.4. The SMILES string of the molecule is CCN(CC(=O)O)C1CC(NC(=O)CCC2CCCC2)C1. The zero-order valence-corrected chi connectivity index (χ0v) is 13.0. The summed E-state index contributed by atoms with van der Waals surface area (Å²) in [5.41, 5.74) is 0. The molecule has 2 N–H and O–H groups in total. The molecule has 5 heteroatoms. The molecule has 2 rings (SSSR count). The van der Waals surface area contributed by atoms with Crippen molar-refractivity contribution in [2.24, 2.45) is 5.92 Å². The number of rotatable bonds is 8. The molecule has 21 heavy (non-hydrogen) atoms. The molecule has 0 saturated heterocycles. The highest BCUT2D eigenvalue weighted by Gasteiger charge is 2.34. The molecule has 0 spiro atoms. The molecule has 0 atom stereocenters. The standard InChI is InChI=1S/C16H28N2O3/c1-2-18(11-16(20)21)14-9-13(10-14)17-15(19)8-7-12-5-3-4-6-12/h12-14H,2-11H2,1H3,(H,17,19)(H,20,21). The van der Waals surface area contributed by atoms with Crippen molar-refractivity contribution in [2.75, 3.05) is 13.1 Å². The first-order chi connectivity index (χ1) is 10.1. The molecule has 120 valence electrons. The quantitative estimate of drug-likeness (QED) is 0.719. The molecule has 0 aliphatic heterocycles. The summed E-state index contributed by atoms with van der Waals surface area (Å²) < 4.78 is 0. The van der Waals surface area contributed by atoms with Crippen molar-refractivity contribution in [1.82, 2.24) is 10.2 Å². The molecule has 0 heterocycles. The molecule has 0 aromatic carbocycles. The second-order valence-electron chi connectivity index (χ2n) is 6.54. The Morgan fingerprint density at radius 1 is 1.24 bits per heavy atom. The first kappa shape index (κ1) is 16.3. The molecule has 5 nitrogen and oxygen atoms in total. The predicted molar refractivity (Wildman–Crippen MR) is 81.0 cm³/mol. The zero-order chi connectivity index (χ0) is 15.2. The van der Waals surface area contributed by atoms with Gasteiger partial charge in [-0.05, 0) is 31.7 Å². The molecule has 0 radical (unpaired) electrons. The Kier molecular flexibility index (Phi) is 6.03. The summed E-state index contributed by atoms with van der Waals surface area (Å²) in [5, 5.41) is 11.9. The number of hydrogen-bond acceptors (Lipinski definition) is 3. The topological polar surface area (TPSA) is 69.6 Å². The maximum Gasteiger partial charge on any atom is 0.317 e. The minimum absolute atomic E-state index is 0.101. The van der Waals surface area contributed by atoms with Crippen LogP contribution in [0.3, 0.4) is 0 Å². The number of hydrogen-bond donors (Lipinski definition) is 2. The van der Waals surface area contributed by atoms with E-state index in [1.807, 2.05) is 11.8 Å². The minimum atomic E-state index is -0.777. The molecule has 0 bridgehead atoms. The van der Waals surface area contributed by atoms with E-state index in [1.165, 1.54) is 25.7 Å². The number of carbonyl (C=O) groups is 2. The van der Waals surface area contributed by atoms with Crippen molar-refractivity contribution in [3.8, 4) is 0 Å². The average molecular weight is 296 g/mol. The highest BCUT2D eigenvalue weighted by molar-refractivity contribution is 5.76. The molecular formula is C16H28N2O3. The van der Waals surface area contributed by atoms with E-state index >= 15 is 0 Å². The van der Waals surface area contributed by atoms with E-state index < -0.39 is 5.97 Å². The van der Waals surface area contributed by atoms with Gasteiger partial charge in [0.2, 0.25) is 5.91 Å². The number of nitrogens with zero attached hydrogens (tertiary/aromatic N) is 1. The van der Waals surface area contributed by atoms with Gasteiger partial charge in [-0.3, -0.25) is 14.5 Å². The fourth-order valence-electron chi connectivity index (χ4n) is 3.61. The smallest absolute Gasteiger partial charge is 0.317 e. The van der Waals surface area contributed by atoms with E-state index in [4.69, 9.17) is 5.11 Å². The number of aliphatic carboxylic acids is 1. The summed E-state index contributed by atoms with van der Waals surface area (Å²) in [7, 11) is 0. The van der Waals surface area contributed by atoms with Crippen LogP contribution in [0.4, 0.5) is 0 Å². The van der Waals surface area contributed by atoms with Gasteiger partial charge in [-0.1, -0.05) is 32.6 Å². The number of amides is 1. The van der Waals surface area contributed by atoms with Gasteiger partial charge in [0.1, 0.15) is 0 Å². The van der Waals surface area contributed by atoms with Crippen molar-refractivity contribution in [3.63, 3.8) is 0 Å². The number of nitrogens with one attached hydrogen (secondary N) is 1. The molecule has 0 unspecified atom stereocenters. The van der Waals surface area contributed by atoms with Gasteiger partial charge in [-0.15, -0.1) is 0 Å². The Morgan fingerprint density at radius 3 is 2.48 bits per heavy atom. The van der Waals surface area contributed by atoms with Crippen LogP contribution in [0.1, 0.15) is 58.3 Å². The molecule has 0 aromatic rings. The maximum atomic E-state index is 11.9. The molecule has 2 aliphatic rings. The Hall–Kier alpha value is -1.10. The van der Waals surface area contributed by atoms with Crippen molar-refractivity contribution in [2.45, 2.75) is 70.4 Å². The van der Waals surface area contributed by atoms with Crippen LogP contribution in [-0.4, -0.2) is 47.1 Å². The fraction of sp³-hybridized carbons (Fsp3) is 0.875. The predicted octanol–water partition coefficient (Wildman–Crippen LogP) is 2.01. The van der Waals surface area contributed by atoms with Gasteiger partial charge in [-0.25, -0.2) is 0 Å². The van der Waals surface area contributed by atoms with Gasteiger partial charge in [0.15, 0.2) is 0 Å². The first-order valence-corrected chi connectivity index (χ1v) is 8.33. The van der Waals surface area contributed by atoms with Crippen LogP contribution in [0.2, 0.25) is 0 Å². The highest BCUT2D eigenvalue weighted by Crippen LogP contribution is 2.29. The molecular weight excluding hydrogens is 268 g/mol. The van der Waals surface area contributed by atoms with E-state index in [1.54, 1.807) is 0 Å². The van der Waals surface area contributed by atoms with Crippen LogP contribution in [0.5, 0.6) is 0 Å². The van der Waals surface area contributed by atoms with Gasteiger partial charge in [-0.2, -0.15) is 0 Å². The van der Waals surface area contributed by atoms with Crippen molar-refractivity contribution in [3.05, 3.63) is 0 Å². The lowest BCUT2D eigenvalue weighted by Gasteiger charge is -2.42. The monoisotopic (exact) mass is 296 g/mol. The Labute approximate surface area is 127 Å². The number of likely N-dealkylation sites (N-methyl/N-ethyl adjacent to an activating group) is 1. The fourth-order valence-corrected chi connectivity index (χ4v) is 3.61. The van der Waals surface area contributed by atoms with Crippen molar-refractivity contribution >= 4 is 11.9 Å². The molecule has 0 aromatic heterocycles. The average Bonchev–Trinajstić information content (AvgIpc) is 2.90. The molecule has 2 fully saturated rings. The third-order valence-corrected chi connectivity index (χ3v) is 4.99. The lowest BCUT2D eigenvalue weighted by atomic mass is 9.85. The van der Waals surface area contributed by atoms with Crippen molar-refractivity contribution in [1.29, 1.82) is 0 Å². The van der Waals surface area contributed by atoms with Gasteiger partial charge in [0, 0.05) is 18.5 Å². The number of carboxylic acids is 1. The second-order valence-corrected chi connectivity index (χ2v) is 6.54. The van der Waals surface area contributed by atoms with E-state index in [2.05, 4.69) is 5.32 Å². The molecule has 2 aliphatic carbocycles. The summed E-state index contributed by atoms with van der Waals surface area (Å²) in [6.45, 7) is 2.83. The van der Waals surface area contributed by atoms with Gasteiger partial charge < -0.3 is 10.4 Å². The van der Waals surface area contributed by atoms with Crippen molar-refractivity contribution < 1.29 is 14.7 Å².